The van der Waals surface area contributed by atoms with Gasteiger partial charge in [0, 0.05) is 0 Å². The van der Waals surface area contributed by atoms with E-state index in [1.165, 1.54) is 32.1 Å². The van der Waals surface area contributed by atoms with Crippen LogP contribution in [0.4, 0.5) is 0 Å². The van der Waals surface area contributed by atoms with Crippen molar-refractivity contribution in [1.82, 2.24) is 0 Å². The molecular weight excluding hydrogens is 158 g/mol. The lowest BCUT2D eigenvalue weighted by Gasteiger charge is -2.35. The van der Waals surface area contributed by atoms with Gasteiger partial charge < -0.3 is 5.73 Å². The van der Waals surface area contributed by atoms with Crippen molar-refractivity contribution in [3.8, 4) is 0 Å². The minimum absolute atomic E-state index is 0.486. The van der Waals surface area contributed by atoms with E-state index in [1.807, 2.05) is 0 Å². The fourth-order valence-corrected chi connectivity index (χ4v) is 2.05. The SMILES string of the molecule is CCCCC(C)(CCC)C(C)CN. The largest absolute Gasteiger partial charge is 0.330 e. The summed E-state index contributed by atoms with van der Waals surface area (Å²) in [5.41, 5.74) is 6.25. The molecule has 2 N–H and O–H groups in total. The Morgan fingerprint density at radius 2 is 1.77 bits per heavy atom. The van der Waals surface area contributed by atoms with E-state index >= 15 is 0 Å². The highest BCUT2D eigenvalue weighted by molar-refractivity contribution is 4.80. The summed E-state index contributed by atoms with van der Waals surface area (Å²) in [4.78, 5) is 0. The Labute approximate surface area is 84.1 Å². The van der Waals surface area contributed by atoms with Gasteiger partial charge in [-0.1, -0.05) is 47.0 Å². The zero-order valence-electron chi connectivity index (χ0n) is 9.90. The van der Waals surface area contributed by atoms with Crippen LogP contribution in [0.15, 0.2) is 0 Å². The van der Waals surface area contributed by atoms with Crippen molar-refractivity contribution in [2.45, 2.75) is 59.8 Å². The maximum absolute atomic E-state index is 5.76. The van der Waals surface area contributed by atoms with Crippen molar-refractivity contribution in [1.29, 1.82) is 0 Å². The summed E-state index contributed by atoms with van der Waals surface area (Å²) < 4.78 is 0. The van der Waals surface area contributed by atoms with Gasteiger partial charge in [-0.05, 0) is 30.7 Å². The van der Waals surface area contributed by atoms with Gasteiger partial charge in [0.2, 0.25) is 0 Å². The fraction of sp³-hybridized carbons (Fsp3) is 1.00. The Kier molecular flexibility index (Phi) is 6.40. The lowest BCUT2D eigenvalue weighted by Crippen LogP contribution is -2.31. The zero-order valence-corrected chi connectivity index (χ0v) is 9.90. The molecule has 2 unspecified atom stereocenters. The van der Waals surface area contributed by atoms with Gasteiger partial charge in [-0.15, -0.1) is 0 Å². The smallest absolute Gasteiger partial charge is 0.00463 e. The number of hydrogen-bond acceptors (Lipinski definition) is 1. The standard InChI is InChI=1S/C12H27N/c1-5-7-9-12(4,8-6-2)11(3)10-13/h11H,5-10,13H2,1-4H3. The van der Waals surface area contributed by atoms with E-state index in [-0.39, 0.29) is 0 Å². The molecule has 0 aliphatic carbocycles. The molecule has 2 atom stereocenters. The summed E-state index contributed by atoms with van der Waals surface area (Å²) in [6.45, 7) is 10.1. The van der Waals surface area contributed by atoms with Crippen molar-refractivity contribution in [3.63, 3.8) is 0 Å². The molecule has 0 aromatic heterocycles. The first-order valence-electron chi connectivity index (χ1n) is 5.80. The molecule has 13 heavy (non-hydrogen) atoms. The maximum Gasteiger partial charge on any atom is -0.00463 e. The summed E-state index contributed by atoms with van der Waals surface area (Å²) in [5, 5.41) is 0. The van der Waals surface area contributed by atoms with Crippen LogP contribution in [0.25, 0.3) is 0 Å². The molecule has 0 rings (SSSR count). The highest BCUT2D eigenvalue weighted by Crippen LogP contribution is 2.37. The number of rotatable bonds is 7. The molecule has 0 amide bonds. The van der Waals surface area contributed by atoms with E-state index < -0.39 is 0 Å². The van der Waals surface area contributed by atoms with Crippen LogP contribution in [0.3, 0.4) is 0 Å². The number of unbranched alkanes of at least 4 members (excludes halogenated alkanes) is 1. The molecule has 0 aromatic rings. The second-order valence-corrected chi connectivity index (χ2v) is 4.64. The van der Waals surface area contributed by atoms with Crippen molar-refractivity contribution < 1.29 is 0 Å². The normalized spacial score (nSPS) is 18.2. The third-order valence-electron chi connectivity index (χ3n) is 3.47. The van der Waals surface area contributed by atoms with Crippen LogP contribution in [0.5, 0.6) is 0 Å². The molecule has 0 saturated carbocycles. The molecule has 1 heteroatoms. The predicted octanol–water partition coefficient (Wildman–Crippen LogP) is 3.58. The van der Waals surface area contributed by atoms with Crippen LogP contribution < -0.4 is 5.73 Å². The topological polar surface area (TPSA) is 26.0 Å². The first-order chi connectivity index (χ1) is 6.10. The van der Waals surface area contributed by atoms with Crippen LogP contribution in [0, 0.1) is 11.3 Å². The average Bonchev–Trinajstić information content (AvgIpc) is 2.14. The molecule has 0 fully saturated rings. The van der Waals surface area contributed by atoms with Gasteiger partial charge in [-0.2, -0.15) is 0 Å². The lowest BCUT2D eigenvalue weighted by atomic mass is 9.71. The van der Waals surface area contributed by atoms with Gasteiger partial charge >= 0.3 is 0 Å². The number of nitrogens with two attached hydrogens (primary N) is 1. The van der Waals surface area contributed by atoms with Crippen LogP contribution in [0.1, 0.15) is 59.8 Å². The van der Waals surface area contributed by atoms with E-state index in [2.05, 4.69) is 27.7 Å². The van der Waals surface area contributed by atoms with Gasteiger partial charge in [0.05, 0.1) is 0 Å². The van der Waals surface area contributed by atoms with Crippen LogP contribution in [-0.2, 0) is 0 Å². The molecule has 0 aliphatic rings. The summed E-state index contributed by atoms with van der Waals surface area (Å²) in [6, 6.07) is 0. The molecule has 0 aliphatic heterocycles. The van der Waals surface area contributed by atoms with Gasteiger partial charge in [-0.25, -0.2) is 0 Å². The quantitative estimate of drug-likeness (QED) is 0.644. The molecule has 0 radical (unpaired) electrons. The Hall–Kier alpha value is -0.0400. The average molecular weight is 185 g/mol. The van der Waals surface area contributed by atoms with Crippen LogP contribution in [-0.4, -0.2) is 6.54 Å². The van der Waals surface area contributed by atoms with E-state index in [0.29, 0.717) is 11.3 Å². The minimum Gasteiger partial charge on any atom is -0.330 e. The van der Waals surface area contributed by atoms with Crippen molar-refractivity contribution in [2.75, 3.05) is 6.54 Å². The summed E-state index contributed by atoms with van der Waals surface area (Å²) >= 11 is 0. The zero-order chi connectivity index (χ0) is 10.3. The summed E-state index contributed by atoms with van der Waals surface area (Å²) in [6.07, 6.45) is 6.60. The Morgan fingerprint density at radius 1 is 1.15 bits per heavy atom. The molecule has 0 saturated heterocycles. The third-order valence-corrected chi connectivity index (χ3v) is 3.47. The van der Waals surface area contributed by atoms with Crippen molar-refractivity contribution >= 4 is 0 Å². The van der Waals surface area contributed by atoms with E-state index in [1.54, 1.807) is 0 Å². The molecule has 0 spiro atoms. The van der Waals surface area contributed by atoms with Crippen LogP contribution in [0.2, 0.25) is 0 Å². The van der Waals surface area contributed by atoms with Crippen LogP contribution >= 0.6 is 0 Å². The molecule has 0 heterocycles. The second kappa shape index (κ2) is 6.42. The minimum atomic E-state index is 0.486. The lowest BCUT2D eigenvalue weighted by molar-refractivity contribution is 0.166. The Morgan fingerprint density at radius 3 is 2.15 bits per heavy atom. The molecule has 80 valence electrons. The van der Waals surface area contributed by atoms with Gasteiger partial charge in [0.1, 0.15) is 0 Å². The number of hydrogen-bond donors (Lipinski definition) is 1. The molecule has 1 nitrogen and oxygen atoms in total. The Bertz CT molecular complexity index is 122. The third kappa shape index (κ3) is 4.12. The molecular formula is C12H27N. The van der Waals surface area contributed by atoms with E-state index in [0.717, 1.165) is 6.54 Å². The monoisotopic (exact) mass is 185 g/mol. The van der Waals surface area contributed by atoms with Crippen molar-refractivity contribution in [3.05, 3.63) is 0 Å². The van der Waals surface area contributed by atoms with E-state index in [9.17, 15) is 0 Å². The molecule has 0 bridgehead atoms. The summed E-state index contributed by atoms with van der Waals surface area (Å²) in [5.74, 6) is 0.666. The highest BCUT2D eigenvalue weighted by Gasteiger charge is 2.28. The summed E-state index contributed by atoms with van der Waals surface area (Å²) in [7, 11) is 0. The van der Waals surface area contributed by atoms with Gasteiger partial charge in [-0.3, -0.25) is 0 Å². The van der Waals surface area contributed by atoms with E-state index in [4.69, 9.17) is 5.73 Å². The van der Waals surface area contributed by atoms with Gasteiger partial charge in [0.15, 0.2) is 0 Å². The second-order valence-electron chi connectivity index (χ2n) is 4.64. The molecule has 0 aromatic carbocycles. The predicted molar refractivity (Wildman–Crippen MR) is 60.8 cm³/mol. The first-order valence-corrected chi connectivity index (χ1v) is 5.80. The fourth-order valence-electron chi connectivity index (χ4n) is 2.05. The highest BCUT2D eigenvalue weighted by atomic mass is 14.6. The van der Waals surface area contributed by atoms with Gasteiger partial charge in [0.25, 0.3) is 0 Å². The van der Waals surface area contributed by atoms with Crippen molar-refractivity contribution in [2.24, 2.45) is 17.1 Å². The first kappa shape index (κ1) is 13.0. The maximum atomic E-state index is 5.76. The Balaban J connectivity index is 4.14.